The fourth-order valence-corrected chi connectivity index (χ4v) is 2.84. The standard InChI is InChI=1S/C14H13BrF2N4/c1-18-13-10(15)6-19-14(20-13)21-5-4-8-9(7-21)12(17)3-2-11(8)16/h2-3,6H,4-5,7H2,1H3,(H,18,19,20). The Morgan fingerprint density at radius 3 is 2.67 bits per heavy atom. The van der Waals surface area contributed by atoms with Crippen molar-refractivity contribution in [2.75, 3.05) is 23.8 Å². The fraction of sp³-hybridized carbons (Fsp3) is 0.286. The van der Waals surface area contributed by atoms with Crippen LogP contribution in [0.5, 0.6) is 0 Å². The normalized spacial score (nSPS) is 14.0. The number of hydrogen-bond acceptors (Lipinski definition) is 4. The van der Waals surface area contributed by atoms with Crippen molar-refractivity contribution in [3.8, 4) is 0 Å². The second kappa shape index (κ2) is 5.55. The van der Waals surface area contributed by atoms with E-state index in [4.69, 9.17) is 0 Å². The summed E-state index contributed by atoms with van der Waals surface area (Å²) >= 11 is 3.35. The summed E-state index contributed by atoms with van der Waals surface area (Å²) in [7, 11) is 1.76. The van der Waals surface area contributed by atoms with Gasteiger partial charge in [-0.05, 0) is 40.0 Å². The minimum Gasteiger partial charge on any atom is -0.372 e. The predicted octanol–water partition coefficient (Wildman–Crippen LogP) is 3.12. The lowest BCUT2D eigenvalue weighted by Crippen LogP contribution is -2.33. The molecule has 0 aliphatic carbocycles. The maximum Gasteiger partial charge on any atom is 0.227 e. The molecule has 0 atom stereocenters. The summed E-state index contributed by atoms with van der Waals surface area (Å²) in [5.74, 6) is 0.420. The molecule has 0 saturated heterocycles. The highest BCUT2D eigenvalue weighted by atomic mass is 79.9. The van der Waals surface area contributed by atoms with E-state index in [1.54, 1.807) is 13.2 Å². The van der Waals surface area contributed by atoms with Gasteiger partial charge in [-0.2, -0.15) is 4.98 Å². The first-order chi connectivity index (χ1) is 10.1. The van der Waals surface area contributed by atoms with Crippen molar-refractivity contribution in [3.63, 3.8) is 0 Å². The molecule has 110 valence electrons. The first kappa shape index (κ1) is 14.2. The Kier molecular flexibility index (Phi) is 3.75. The fourth-order valence-electron chi connectivity index (χ4n) is 2.45. The highest BCUT2D eigenvalue weighted by molar-refractivity contribution is 9.10. The molecule has 0 spiro atoms. The molecule has 0 radical (unpaired) electrons. The third kappa shape index (κ3) is 2.57. The van der Waals surface area contributed by atoms with Crippen molar-refractivity contribution < 1.29 is 8.78 Å². The van der Waals surface area contributed by atoms with Gasteiger partial charge in [-0.25, -0.2) is 13.8 Å². The average Bonchev–Trinajstić information content (AvgIpc) is 2.51. The van der Waals surface area contributed by atoms with E-state index in [9.17, 15) is 8.78 Å². The van der Waals surface area contributed by atoms with E-state index < -0.39 is 0 Å². The maximum absolute atomic E-state index is 13.9. The van der Waals surface area contributed by atoms with Gasteiger partial charge in [-0.15, -0.1) is 0 Å². The van der Waals surface area contributed by atoms with Gasteiger partial charge in [0.15, 0.2) is 0 Å². The number of benzene rings is 1. The quantitative estimate of drug-likeness (QED) is 0.899. The van der Waals surface area contributed by atoms with Crippen LogP contribution in [0.4, 0.5) is 20.5 Å². The van der Waals surface area contributed by atoms with Gasteiger partial charge < -0.3 is 10.2 Å². The van der Waals surface area contributed by atoms with E-state index in [0.29, 0.717) is 35.9 Å². The van der Waals surface area contributed by atoms with Crippen LogP contribution in [-0.4, -0.2) is 23.6 Å². The number of nitrogens with one attached hydrogen (secondary N) is 1. The third-order valence-electron chi connectivity index (χ3n) is 3.55. The third-order valence-corrected chi connectivity index (χ3v) is 4.13. The molecule has 2 heterocycles. The van der Waals surface area contributed by atoms with Crippen LogP contribution in [0, 0.1) is 11.6 Å². The monoisotopic (exact) mass is 354 g/mol. The predicted molar refractivity (Wildman–Crippen MR) is 80.4 cm³/mol. The zero-order chi connectivity index (χ0) is 15.0. The van der Waals surface area contributed by atoms with Gasteiger partial charge in [-0.1, -0.05) is 0 Å². The minimum atomic E-state index is -0.387. The molecule has 0 bridgehead atoms. The molecule has 0 amide bonds. The van der Waals surface area contributed by atoms with Gasteiger partial charge in [0.2, 0.25) is 5.95 Å². The van der Waals surface area contributed by atoms with Crippen LogP contribution in [0.15, 0.2) is 22.8 Å². The maximum atomic E-state index is 13.9. The molecule has 0 fully saturated rings. The Balaban J connectivity index is 1.95. The van der Waals surface area contributed by atoms with E-state index in [2.05, 4.69) is 31.2 Å². The Morgan fingerprint density at radius 2 is 1.95 bits per heavy atom. The molecule has 21 heavy (non-hydrogen) atoms. The van der Waals surface area contributed by atoms with Gasteiger partial charge in [0.05, 0.1) is 4.47 Å². The lowest BCUT2D eigenvalue weighted by atomic mass is 9.99. The summed E-state index contributed by atoms with van der Waals surface area (Å²) in [5.41, 5.74) is 0.843. The number of rotatable bonds is 2. The van der Waals surface area contributed by atoms with Crippen molar-refractivity contribution in [2.45, 2.75) is 13.0 Å². The lowest BCUT2D eigenvalue weighted by molar-refractivity contribution is 0.547. The molecular weight excluding hydrogens is 342 g/mol. The molecule has 1 aromatic carbocycles. The van der Waals surface area contributed by atoms with Crippen LogP contribution in [0.25, 0.3) is 0 Å². The zero-order valence-corrected chi connectivity index (χ0v) is 12.9. The van der Waals surface area contributed by atoms with Crippen molar-refractivity contribution >= 4 is 27.7 Å². The van der Waals surface area contributed by atoms with Crippen LogP contribution in [0.2, 0.25) is 0 Å². The summed E-state index contributed by atoms with van der Waals surface area (Å²) in [5, 5.41) is 2.96. The van der Waals surface area contributed by atoms with E-state index in [0.717, 1.165) is 4.47 Å². The van der Waals surface area contributed by atoms with Crippen LogP contribution in [0.3, 0.4) is 0 Å². The number of anilines is 2. The van der Waals surface area contributed by atoms with Crippen LogP contribution < -0.4 is 10.2 Å². The molecule has 1 aliphatic heterocycles. The molecular formula is C14H13BrF2N4. The molecule has 7 heteroatoms. The van der Waals surface area contributed by atoms with Gasteiger partial charge in [0, 0.05) is 31.9 Å². The second-order valence-electron chi connectivity index (χ2n) is 4.77. The van der Waals surface area contributed by atoms with E-state index in [-0.39, 0.29) is 18.2 Å². The smallest absolute Gasteiger partial charge is 0.227 e. The Morgan fingerprint density at radius 1 is 1.24 bits per heavy atom. The van der Waals surface area contributed by atoms with E-state index in [1.807, 2.05) is 4.90 Å². The molecule has 0 unspecified atom stereocenters. The summed E-state index contributed by atoms with van der Waals surface area (Å²) < 4.78 is 28.4. The highest BCUT2D eigenvalue weighted by Crippen LogP contribution is 2.28. The lowest BCUT2D eigenvalue weighted by Gasteiger charge is -2.29. The molecule has 4 nitrogen and oxygen atoms in total. The van der Waals surface area contributed by atoms with Crippen LogP contribution >= 0.6 is 15.9 Å². The number of halogens is 3. The number of nitrogens with zero attached hydrogens (tertiary/aromatic N) is 3. The van der Waals surface area contributed by atoms with Crippen molar-refractivity contribution in [1.29, 1.82) is 0 Å². The Hall–Kier alpha value is -1.76. The van der Waals surface area contributed by atoms with E-state index in [1.165, 1.54) is 12.1 Å². The van der Waals surface area contributed by atoms with Gasteiger partial charge >= 0.3 is 0 Å². The Bertz CT molecular complexity index is 693. The minimum absolute atomic E-state index is 0.268. The van der Waals surface area contributed by atoms with Gasteiger partial charge in [0.1, 0.15) is 17.5 Å². The van der Waals surface area contributed by atoms with Crippen molar-refractivity contribution in [1.82, 2.24) is 9.97 Å². The van der Waals surface area contributed by atoms with Crippen molar-refractivity contribution in [3.05, 3.63) is 45.6 Å². The topological polar surface area (TPSA) is 41.1 Å². The van der Waals surface area contributed by atoms with Crippen LogP contribution in [0.1, 0.15) is 11.1 Å². The average molecular weight is 355 g/mol. The summed E-state index contributed by atoms with van der Waals surface area (Å²) in [4.78, 5) is 10.5. The molecule has 1 aromatic heterocycles. The first-order valence-electron chi connectivity index (χ1n) is 6.51. The SMILES string of the molecule is CNc1nc(N2CCc3c(F)ccc(F)c3C2)ncc1Br. The number of fused-ring (bicyclic) bond motifs is 1. The summed E-state index contributed by atoms with van der Waals surface area (Å²) in [6.45, 7) is 0.821. The molecule has 3 rings (SSSR count). The number of aromatic nitrogens is 2. The molecule has 1 aliphatic rings. The number of hydrogen-bond donors (Lipinski definition) is 1. The zero-order valence-electron chi connectivity index (χ0n) is 11.3. The van der Waals surface area contributed by atoms with E-state index >= 15 is 0 Å². The van der Waals surface area contributed by atoms with Crippen molar-refractivity contribution in [2.24, 2.45) is 0 Å². The molecule has 2 aromatic rings. The molecule has 0 saturated carbocycles. The van der Waals surface area contributed by atoms with Crippen LogP contribution in [-0.2, 0) is 13.0 Å². The van der Waals surface area contributed by atoms with Gasteiger partial charge in [0.25, 0.3) is 0 Å². The summed E-state index contributed by atoms with van der Waals surface area (Å²) in [6, 6.07) is 2.35. The van der Waals surface area contributed by atoms with Gasteiger partial charge in [-0.3, -0.25) is 0 Å². The first-order valence-corrected chi connectivity index (χ1v) is 7.30. The molecule has 1 N–H and O–H groups in total. The highest BCUT2D eigenvalue weighted by Gasteiger charge is 2.24. The second-order valence-corrected chi connectivity index (χ2v) is 5.63. The largest absolute Gasteiger partial charge is 0.372 e. The Labute approximate surface area is 129 Å². The summed E-state index contributed by atoms with van der Waals surface area (Å²) in [6.07, 6.45) is 2.08.